The molecule has 0 aliphatic carbocycles. The van der Waals surface area contributed by atoms with E-state index in [1.165, 1.54) is 10.8 Å². The third kappa shape index (κ3) is 5.19. The molecule has 0 spiro atoms. The highest BCUT2D eigenvalue weighted by Gasteiger charge is 2.27. The first-order chi connectivity index (χ1) is 14.7. The molecule has 0 aliphatic rings. The molecule has 0 saturated carbocycles. The number of aryl methyl sites for hydroxylation is 3. The van der Waals surface area contributed by atoms with Crippen molar-refractivity contribution in [3.63, 3.8) is 0 Å². The minimum atomic E-state index is -3.90. The second-order valence-electron chi connectivity index (χ2n) is 8.69. The Labute approximate surface area is 193 Å². The molecular weight excluding hydrogens is 466 g/mol. The van der Waals surface area contributed by atoms with Crippen LogP contribution in [0.2, 0.25) is 0 Å². The lowest BCUT2D eigenvalue weighted by atomic mass is 9.86. The van der Waals surface area contributed by atoms with Crippen molar-refractivity contribution in [2.75, 3.05) is 4.72 Å². The SMILES string of the molecule is Cc1ccc(S(=O)(=O)Sc2cc(C)c(NS(=O)(=O)c3nccn3C)cc2C(C)(C)C)cc1. The van der Waals surface area contributed by atoms with Crippen molar-refractivity contribution in [2.45, 2.75) is 55.0 Å². The van der Waals surface area contributed by atoms with E-state index in [0.717, 1.165) is 21.9 Å². The van der Waals surface area contributed by atoms with Gasteiger partial charge >= 0.3 is 0 Å². The Morgan fingerprint density at radius 2 is 1.62 bits per heavy atom. The Hall–Kier alpha value is -2.30. The first kappa shape index (κ1) is 24.3. The molecule has 0 amide bonds. The first-order valence-corrected chi connectivity index (χ1v) is 14.2. The van der Waals surface area contributed by atoms with Crippen molar-refractivity contribution in [1.29, 1.82) is 0 Å². The molecule has 1 aromatic heterocycles. The van der Waals surface area contributed by atoms with E-state index < -0.39 is 24.3 Å². The zero-order valence-electron chi connectivity index (χ0n) is 18.9. The molecule has 172 valence electrons. The summed E-state index contributed by atoms with van der Waals surface area (Å²) in [6.45, 7) is 9.51. The van der Waals surface area contributed by atoms with Gasteiger partial charge in [0.2, 0.25) is 14.0 Å². The quantitative estimate of drug-likeness (QED) is 0.503. The lowest BCUT2D eigenvalue weighted by Gasteiger charge is -2.25. The maximum atomic E-state index is 13.1. The number of rotatable bonds is 6. The normalized spacial score (nSPS) is 12.7. The van der Waals surface area contributed by atoms with Gasteiger partial charge in [-0.15, -0.1) is 0 Å². The molecule has 2 aromatic carbocycles. The van der Waals surface area contributed by atoms with Crippen LogP contribution >= 0.6 is 10.8 Å². The summed E-state index contributed by atoms with van der Waals surface area (Å²) in [5, 5.41) is -0.102. The maximum absolute atomic E-state index is 13.1. The van der Waals surface area contributed by atoms with E-state index in [1.54, 1.807) is 56.6 Å². The van der Waals surface area contributed by atoms with Crippen LogP contribution in [-0.2, 0) is 31.4 Å². The van der Waals surface area contributed by atoms with Gasteiger partial charge in [-0.25, -0.2) is 13.4 Å². The minimum Gasteiger partial charge on any atom is -0.323 e. The van der Waals surface area contributed by atoms with Gasteiger partial charge in [-0.2, -0.15) is 8.42 Å². The minimum absolute atomic E-state index is 0.102. The predicted molar refractivity (Wildman–Crippen MR) is 128 cm³/mol. The van der Waals surface area contributed by atoms with Crippen LogP contribution in [0, 0.1) is 13.8 Å². The highest BCUT2D eigenvalue weighted by Crippen LogP contribution is 2.41. The average molecular weight is 494 g/mol. The van der Waals surface area contributed by atoms with Crippen molar-refractivity contribution >= 4 is 35.4 Å². The number of aromatic nitrogens is 2. The van der Waals surface area contributed by atoms with Crippen LogP contribution in [-0.4, -0.2) is 26.4 Å². The average Bonchev–Trinajstić information content (AvgIpc) is 3.10. The molecule has 0 bridgehead atoms. The molecule has 0 unspecified atom stereocenters. The van der Waals surface area contributed by atoms with Crippen molar-refractivity contribution in [1.82, 2.24) is 9.55 Å². The molecule has 3 rings (SSSR count). The Morgan fingerprint density at radius 3 is 2.16 bits per heavy atom. The number of benzene rings is 2. The van der Waals surface area contributed by atoms with Gasteiger partial charge in [-0.1, -0.05) is 38.5 Å². The van der Waals surface area contributed by atoms with Gasteiger partial charge in [0.25, 0.3) is 10.0 Å². The number of sulfonamides is 1. The highest BCUT2D eigenvalue weighted by atomic mass is 33.1. The van der Waals surface area contributed by atoms with Crippen molar-refractivity contribution in [3.05, 3.63) is 65.5 Å². The Bertz CT molecular complexity index is 1350. The summed E-state index contributed by atoms with van der Waals surface area (Å²) in [5.74, 6) is 0. The van der Waals surface area contributed by atoms with E-state index in [9.17, 15) is 16.8 Å². The largest absolute Gasteiger partial charge is 0.323 e. The van der Waals surface area contributed by atoms with Crippen LogP contribution in [0.4, 0.5) is 5.69 Å². The van der Waals surface area contributed by atoms with Gasteiger partial charge in [0.15, 0.2) is 0 Å². The fraction of sp³-hybridized carbons (Fsp3) is 0.318. The molecule has 32 heavy (non-hydrogen) atoms. The molecule has 0 atom stereocenters. The Kier molecular flexibility index (Phi) is 6.52. The number of anilines is 1. The molecule has 0 radical (unpaired) electrons. The Balaban J connectivity index is 2.05. The standard InChI is InChI=1S/C22H27N3O4S3/c1-15-7-9-17(10-8-15)32(28,29)30-20-13-16(2)19(14-18(20)22(3,4)5)24-31(26,27)21-23-11-12-25(21)6/h7-14,24H,1-6H3. The van der Waals surface area contributed by atoms with E-state index in [2.05, 4.69) is 9.71 Å². The van der Waals surface area contributed by atoms with E-state index in [1.807, 2.05) is 27.7 Å². The second kappa shape index (κ2) is 8.57. The summed E-state index contributed by atoms with van der Waals surface area (Å²) in [5.41, 5.74) is 2.26. The molecule has 0 fully saturated rings. The molecule has 0 aliphatic heterocycles. The van der Waals surface area contributed by atoms with Crippen molar-refractivity contribution in [2.24, 2.45) is 7.05 Å². The number of hydrogen-bond acceptors (Lipinski definition) is 6. The van der Waals surface area contributed by atoms with Gasteiger partial charge in [0.1, 0.15) is 0 Å². The molecule has 3 aromatic rings. The fourth-order valence-corrected chi connectivity index (χ4v) is 7.59. The van der Waals surface area contributed by atoms with Gasteiger partial charge in [-0.05, 0) is 54.7 Å². The molecule has 10 heteroatoms. The number of hydrogen-bond donors (Lipinski definition) is 1. The summed E-state index contributed by atoms with van der Waals surface area (Å²) in [7, 11) is -5.18. The van der Waals surface area contributed by atoms with Gasteiger partial charge in [-0.3, -0.25) is 4.72 Å². The van der Waals surface area contributed by atoms with E-state index in [-0.39, 0.29) is 10.1 Å². The third-order valence-corrected chi connectivity index (χ3v) is 9.63. The Morgan fingerprint density at radius 1 is 1.00 bits per heavy atom. The fourth-order valence-electron chi connectivity index (χ4n) is 3.12. The molecule has 7 nitrogen and oxygen atoms in total. The van der Waals surface area contributed by atoms with Crippen LogP contribution in [0.5, 0.6) is 0 Å². The maximum Gasteiger partial charge on any atom is 0.295 e. The smallest absolute Gasteiger partial charge is 0.295 e. The zero-order valence-corrected chi connectivity index (χ0v) is 21.3. The lowest BCUT2D eigenvalue weighted by molar-refractivity contribution is 0.576. The van der Waals surface area contributed by atoms with Gasteiger partial charge in [0.05, 0.1) is 10.6 Å². The summed E-state index contributed by atoms with van der Waals surface area (Å²) in [6, 6.07) is 10.1. The number of nitrogens with zero attached hydrogens (tertiary/aromatic N) is 2. The molecule has 0 saturated heterocycles. The van der Waals surface area contributed by atoms with Crippen molar-refractivity contribution < 1.29 is 16.8 Å². The monoisotopic (exact) mass is 493 g/mol. The van der Waals surface area contributed by atoms with Crippen LogP contribution < -0.4 is 4.72 Å². The van der Waals surface area contributed by atoms with E-state index in [0.29, 0.717) is 16.1 Å². The summed E-state index contributed by atoms with van der Waals surface area (Å²) in [4.78, 5) is 4.71. The molecule has 1 N–H and O–H groups in total. The second-order valence-corrected chi connectivity index (χ2v) is 14.1. The predicted octanol–water partition coefficient (Wildman–Crippen LogP) is 4.62. The summed E-state index contributed by atoms with van der Waals surface area (Å²) < 4.78 is 55.8. The first-order valence-electron chi connectivity index (χ1n) is 9.87. The number of imidazole rings is 1. The van der Waals surface area contributed by atoms with Crippen LogP contribution in [0.15, 0.2) is 63.7 Å². The third-order valence-electron chi connectivity index (χ3n) is 4.91. The summed E-state index contributed by atoms with van der Waals surface area (Å²) in [6.07, 6.45) is 2.97. The van der Waals surface area contributed by atoms with E-state index >= 15 is 0 Å². The zero-order chi connectivity index (χ0) is 23.9. The van der Waals surface area contributed by atoms with Gasteiger partial charge in [0, 0.05) is 35.1 Å². The molecule has 1 heterocycles. The molecular formula is C22H27N3O4S3. The number of nitrogens with one attached hydrogen (secondary N) is 1. The highest BCUT2D eigenvalue weighted by molar-refractivity contribution is 8.72. The van der Waals surface area contributed by atoms with E-state index in [4.69, 9.17) is 0 Å². The van der Waals surface area contributed by atoms with Crippen LogP contribution in [0.1, 0.15) is 37.5 Å². The lowest BCUT2D eigenvalue weighted by Crippen LogP contribution is -2.19. The van der Waals surface area contributed by atoms with Crippen LogP contribution in [0.3, 0.4) is 0 Å². The van der Waals surface area contributed by atoms with Crippen molar-refractivity contribution in [3.8, 4) is 0 Å². The van der Waals surface area contributed by atoms with Crippen LogP contribution in [0.25, 0.3) is 0 Å². The topological polar surface area (TPSA) is 98.1 Å². The summed E-state index contributed by atoms with van der Waals surface area (Å²) >= 11 is 0. The van der Waals surface area contributed by atoms with Gasteiger partial charge < -0.3 is 4.57 Å².